The van der Waals surface area contributed by atoms with Gasteiger partial charge in [-0.3, -0.25) is 9.69 Å². The van der Waals surface area contributed by atoms with Crippen LogP contribution in [0.1, 0.15) is 30.9 Å². The third kappa shape index (κ3) is 3.81. The number of nitrogens with zero attached hydrogens (tertiary/aromatic N) is 1. The normalized spacial score (nSPS) is 23.7. The molecule has 1 fully saturated rings. The number of methoxy groups -OCH3 is 1. The van der Waals surface area contributed by atoms with E-state index in [0.29, 0.717) is 0 Å². The van der Waals surface area contributed by atoms with Gasteiger partial charge in [0.05, 0.1) is 12.0 Å². The molecule has 20 heavy (non-hydrogen) atoms. The Bertz CT molecular complexity index is 475. The monoisotopic (exact) mass is 277 g/mol. The highest BCUT2D eigenvalue weighted by atomic mass is 16.5. The zero-order valence-corrected chi connectivity index (χ0v) is 12.3. The number of carboxylic acid groups (broad SMARTS) is 1. The van der Waals surface area contributed by atoms with Crippen molar-refractivity contribution in [3.63, 3.8) is 0 Å². The number of hydrogen-bond acceptors (Lipinski definition) is 3. The molecule has 0 aromatic heterocycles. The van der Waals surface area contributed by atoms with Crippen molar-refractivity contribution in [2.45, 2.75) is 38.3 Å². The third-order valence-electron chi connectivity index (χ3n) is 4.08. The first-order valence-corrected chi connectivity index (χ1v) is 7.08. The van der Waals surface area contributed by atoms with Crippen molar-refractivity contribution in [1.82, 2.24) is 4.90 Å². The van der Waals surface area contributed by atoms with Crippen molar-refractivity contribution in [2.75, 3.05) is 20.2 Å². The van der Waals surface area contributed by atoms with Crippen LogP contribution >= 0.6 is 0 Å². The lowest BCUT2D eigenvalue weighted by Gasteiger charge is -2.39. The van der Waals surface area contributed by atoms with E-state index in [0.717, 1.165) is 43.6 Å². The van der Waals surface area contributed by atoms with Crippen LogP contribution in [-0.4, -0.2) is 41.8 Å². The second-order valence-corrected chi connectivity index (χ2v) is 5.81. The number of carbonyl (C=O) groups is 1. The summed E-state index contributed by atoms with van der Waals surface area (Å²) in [7, 11) is 1.77. The number of carboxylic acids is 1. The van der Waals surface area contributed by atoms with Crippen LogP contribution in [-0.2, 0) is 22.5 Å². The summed E-state index contributed by atoms with van der Waals surface area (Å²) in [4.78, 5) is 13.3. The van der Waals surface area contributed by atoms with Gasteiger partial charge in [-0.2, -0.15) is 0 Å². The van der Waals surface area contributed by atoms with Crippen LogP contribution in [0.3, 0.4) is 0 Å². The molecule has 1 aromatic rings. The van der Waals surface area contributed by atoms with Crippen LogP contribution in [0.2, 0.25) is 0 Å². The molecule has 0 spiro atoms. The molecule has 0 radical (unpaired) electrons. The fourth-order valence-corrected chi connectivity index (χ4v) is 2.90. The molecular formula is C16H23NO3. The number of ether oxygens (including phenoxy) is 1. The Balaban J connectivity index is 2.08. The summed E-state index contributed by atoms with van der Waals surface area (Å²) in [5.74, 6) is -0.780. The number of likely N-dealkylation sites (tertiary alicyclic amines) is 1. The number of benzene rings is 1. The molecule has 110 valence electrons. The molecule has 1 unspecified atom stereocenters. The van der Waals surface area contributed by atoms with Crippen LogP contribution in [0.4, 0.5) is 0 Å². The van der Waals surface area contributed by atoms with Crippen LogP contribution in [0.25, 0.3) is 0 Å². The molecule has 2 rings (SSSR count). The predicted molar refractivity (Wildman–Crippen MR) is 77.7 cm³/mol. The highest BCUT2D eigenvalue weighted by Crippen LogP contribution is 2.25. The van der Waals surface area contributed by atoms with Gasteiger partial charge in [0.15, 0.2) is 0 Å². The second kappa shape index (κ2) is 6.37. The Kier molecular flexibility index (Phi) is 4.78. The standard InChI is InChI=1S/C16H23NO3/c1-16(20-2)8-5-9-17(12-16)11-14-7-4-3-6-13(14)10-15(18)19/h3-4,6-7H,5,8-12H2,1-2H3,(H,18,19). The van der Waals surface area contributed by atoms with E-state index in [-0.39, 0.29) is 12.0 Å². The average molecular weight is 277 g/mol. The van der Waals surface area contributed by atoms with E-state index in [2.05, 4.69) is 11.8 Å². The molecule has 4 heteroatoms. The van der Waals surface area contributed by atoms with Crippen LogP contribution in [0.5, 0.6) is 0 Å². The maximum Gasteiger partial charge on any atom is 0.307 e. The number of hydrogen-bond donors (Lipinski definition) is 1. The minimum Gasteiger partial charge on any atom is -0.481 e. The molecule has 1 atom stereocenters. The molecule has 0 aliphatic carbocycles. The highest BCUT2D eigenvalue weighted by molar-refractivity contribution is 5.70. The van der Waals surface area contributed by atoms with Crippen molar-refractivity contribution in [3.05, 3.63) is 35.4 Å². The largest absolute Gasteiger partial charge is 0.481 e. The van der Waals surface area contributed by atoms with Gasteiger partial charge in [0.2, 0.25) is 0 Å². The van der Waals surface area contributed by atoms with E-state index >= 15 is 0 Å². The van der Waals surface area contributed by atoms with Gasteiger partial charge in [-0.1, -0.05) is 24.3 Å². The van der Waals surface area contributed by atoms with Crippen molar-refractivity contribution in [3.8, 4) is 0 Å². The van der Waals surface area contributed by atoms with Gasteiger partial charge >= 0.3 is 5.97 Å². The van der Waals surface area contributed by atoms with E-state index in [4.69, 9.17) is 9.84 Å². The summed E-state index contributed by atoms with van der Waals surface area (Å²) < 4.78 is 5.61. The molecule has 0 bridgehead atoms. The maximum atomic E-state index is 10.9. The van der Waals surface area contributed by atoms with Crippen LogP contribution in [0.15, 0.2) is 24.3 Å². The van der Waals surface area contributed by atoms with E-state index in [1.165, 1.54) is 0 Å². The Morgan fingerprint density at radius 3 is 2.75 bits per heavy atom. The number of piperidine rings is 1. The predicted octanol–water partition coefficient (Wildman–Crippen LogP) is 2.31. The van der Waals surface area contributed by atoms with Crippen LogP contribution < -0.4 is 0 Å². The lowest BCUT2D eigenvalue weighted by Crippen LogP contribution is -2.46. The molecule has 1 aliphatic rings. The topological polar surface area (TPSA) is 49.8 Å². The molecular weight excluding hydrogens is 254 g/mol. The van der Waals surface area contributed by atoms with Crippen molar-refractivity contribution in [2.24, 2.45) is 0 Å². The summed E-state index contributed by atoms with van der Waals surface area (Å²) in [5, 5.41) is 8.98. The van der Waals surface area contributed by atoms with E-state index < -0.39 is 5.97 Å². The first kappa shape index (κ1) is 15.0. The smallest absolute Gasteiger partial charge is 0.307 e. The van der Waals surface area contributed by atoms with Crippen molar-refractivity contribution >= 4 is 5.97 Å². The zero-order valence-electron chi connectivity index (χ0n) is 12.3. The van der Waals surface area contributed by atoms with Gasteiger partial charge in [-0.25, -0.2) is 0 Å². The fraction of sp³-hybridized carbons (Fsp3) is 0.562. The zero-order chi connectivity index (χ0) is 14.6. The Morgan fingerprint density at radius 1 is 1.40 bits per heavy atom. The Morgan fingerprint density at radius 2 is 2.10 bits per heavy atom. The van der Waals surface area contributed by atoms with Crippen molar-refractivity contribution in [1.29, 1.82) is 0 Å². The Hall–Kier alpha value is -1.39. The second-order valence-electron chi connectivity index (χ2n) is 5.81. The average Bonchev–Trinajstić information content (AvgIpc) is 2.41. The SMILES string of the molecule is COC1(C)CCCN(Cc2ccccc2CC(=O)O)C1. The van der Waals surface area contributed by atoms with E-state index in [9.17, 15) is 4.79 Å². The summed E-state index contributed by atoms with van der Waals surface area (Å²) in [6, 6.07) is 7.80. The van der Waals surface area contributed by atoms with Crippen molar-refractivity contribution < 1.29 is 14.6 Å². The van der Waals surface area contributed by atoms with Gasteiger partial charge in [0.25, 0.3) is 0 Å². The minimum atomic E-state index is -0.780. The summed E-state index contributed by atoms with van der Waals surface area (Å²) in [5.41, 5.74) is 1.93. The Labute approximate surface area is 120 Å². The van der Waals surface area contributed by atoms with Gasteiger partial charge in [0.1, 0.15) is 0 Å². The minimum absolute atomic E-state index is 0.0833. The lowest BCUT2D eigenvalue weighted by atomic mass is 9.94. The molecule has 1 aliphatic heterocycles. The summed E-state index contributed by atoms with van der Waals surface area (Å²) in [6.07, 6.45) is 2.29. The number of aliphatic carboxylic acids is 1. The fourth-order valence-electron chi connectivity index (χ4n) is 2.90. The van der Waals surface area contributed by atoms with Crippen LogP contribution in [0, 0.1) is 0 Å². The molecule has 0 saturated carbocycles. The molecule has 1 heterocycles. The van der Waals surface area contributed by atoms with Gasteiger partial charge < -0.3 is 9.84 Å². The quantitative estimate of drug-likeness (QED) is 0.897. The molecule has 4 nitrogen and oxygen atoms in total. The molecule has 1 aromatic carbocycles. The molecule has 1 saturated heterocycles. The van der Waals surface area contributed by atoms with E-state index in [1.54, 1.807) is 7.11 Å². The maximum absolute atomic E-state index is 10.9. The lowest BCUT2D eigenvalue weighted by molar-refractivity contribution is -0.136. The molecule has 0 amide bonds. The first-order chi connectivity index (χ1) is 9.52. The van der Waals surface area contributed by atoms with E-state index in [1.807, 2.05) is 24.3 Å². The van der Waals surface area contributed by atoms with Gasteiger partial charge in [-0.05, 0) is 37.4 Å². The summed E-state index contributed by atoms with van der Waals surface area (Å²) in [6.45, 7) is 4.87. The van der Waals surface area contributed by atoms with Gasteiger partial charge in [0, 0.05) is 20.2 Å². The third-order valence-corrected chi connectivity index (χ3v) is 4.08. The highest BCUT2D eigenvalue weighted by Gasteiger charge is 2.30. The molecule has 1 N–H and O–H groups in total. The van der Waals surface area contributed by atoms with Gasteiger partial charge in [-0.15, -0.1) is 0 Å². The summed E-state index contributed by atoms with van der Waals surface area (Å²) >= 11 is 0. The number of rotatable bonds is 5. The first-order valence-electron chi connectivity index (χ1n) is 7.08.